The van der Waals surface area contributed by atoms with Gasteiger partial charge in [0.2, 0.25) is 5.91 Å². The molecule has 6 nitrogen and oxygen atoms in total. The van der Waals surface area contributed by atoms with Crippen LogP contribution in [0.15, 0.2) is 30.3 Å². The summed E-state index contributed by atoms with van der Waals surface area (Å²) in [6, 6.07) is 6.42. The van der Waals surface area contributed by atoms with Crippen molar-refractivity contribution >= 4 is 11.9 Å². The van der Waals surface area contributed by atoms with Crippen LogP contribution in [-0.2, 0) is 14.3 Å². The monoisotopic (exact) mass is 252 g/mol. The maximum atomic E-state index is 11.6. The molecule has 0 aliphatic carbocycles. The van der Waals surface area contributed by atoms with E-state index in [1.165, 1.54) is 7.11 Å². The van der Waals surface area contributed by atoms with E-state index in [1.54, 1.807) is 30.3 Å². The average Bonchev–Trinajstić information content (AvgIpc) is 2.36. The minimum atomic E-state index is -1.14. The first-order valence-corrected chi connectivity index (χ1v) is 5.39. The lowest BCUT2D eigenvalue weighted by Crippen LogP contribution is -2.46. The third-order valence-corrected chi connectivity index (χ3v) is 2.35. The molecule has 0 saturated carbocycles. The highest BCUT2D eigenvalue weighted by Crippen LogP contribution is 2.12. The van der Waals surface area contributed by atoms with Crippen LogP contribution in [-0.4, -0.2) is 36.7 Å². The number of aliphatic carboxylic acids is 1. The van der Waals surface area contributed by atoms with E-state index in [1.807, 2.05) is 0 Å². The van der Waals surface area contributed by atoms with E-state index < -0.39 is 24.0 Å². The number of carbonyl (C=O) groups excluding carboxylic acids is 1. The van der Waals surface area contributed by atoms with Gasteiger partial charge in [0.15, 0.2) is 6.04 Å². The van der Waals surface area contributed by atoms with Crippen LogP contribution in [0.25, 0.3) is 0 Å². The molecule has 0 heterocycles. The van der Waals surface area contributed by atoms with E-state index in [4.69, 9.17) is 15.6 Å². The molecule has 1 aromatic rings. The van der Waals surface area contributed by atoms with Crippen molar-refractivity contribution in [2.24, 2.45) is 5.73 Å². The number of carboxylic acid groups (broad SMARTS) is 1. The zero-order chi connectivity index (χ0) is 13.5. The Labute approximate surface area is 105 Å². The van der Waals surface area contributed by atoms with Gasteiger partial charge in [0.25, 0.3) is 0 Å². The predicted molar refractivity (Wildman–Crippen MR) is 64.8 cm³/mol. The van der Waals surface area contributed by atoms with Crippen LogP contribution in [0.2, 0.25) is 0 Å². The molecule has 0 saturated heterocycles. The van der Waals surface area contributed by atoms with Gasteiger partial charge in [0.05, 0.1) is 6.61 Å². The first-order valence-electron chi connectivity index (χ1n) is 5.39. The lowest BCUT2D eigenvalue weighted by atomic mass is 10.1. The summed E-state index contributed by atoms with van der Waals surface area (Å²) in [5.41, 5.74) is 6.01. The molecule has 0 aromatic heterocycles. The molecule has 98 valence electrons. The number of amides is 1. The highest BCUT2D eigenvalue weighted by atomic mass is 16.5. The second kappa shape index (κ2) is 6.73. The molecular formula is C12H16N2O4. The van der Waals surface area contributed by atoms with E-state index in [0.29, 0.717) is 5.56 Å². The number of nitrogens with one attached hydrogen (secondary N) is 1. The Bertz CT molecular complexity index is 408. The summed E-state index contributed by atoms with van der Waals surface area (Å²) in [4.78, 5) is 22.8. The molecule has 0 bridgehead atoms. The van der Waals surface area contributed by atoms with Crippen LogP contribution in [0.1, 0.15) is 11.6 Å². The van der Waals surface area contributed by atoms with Gasteiger partial charge in [-0.1, -0.05) is 30.3 Å². The lowest BCUT2D eigenvalue weighted by molar-refractivity contribution is -0.142. The van der Waals surface area contributed by atoms with Gasteiger partial charge in [-0.05, 0) is 5.56 Å². The fourth-order valence-corrected chi connectivity index (χ4v) is 1.44. The van der Waals surface area contributed by atoms with Crippen LogP contribution in [0.4, 0.5) is 0 Å². The van der Waals surface area contributed by atoms with Crippen molar-refractivity contribution in [3.8, 4) is 0 Å². The van der Waals surface area contributed by atoms with Crippen LogP contribution in [0, 0.1) is 0 Å². The molecule has 2 atom stereocenters. The second-order valence-corrected chi connectivity index (χ2v) is 3.75. The van der Waals surface area contributed by atoms with Crippen LogP contribution in [0.3, 0.4) is 0 Å². The van der Waals surface area contributed by atoms with Crippen molar-refractivity contribution < 1.29 is 19.4 Å². The van der Waals surface area contributed by atoms with Crippen LogP contribution in [0.5, 0.6) is 0 Å². The SMILES string of the molecule is COCC(N)C(=O)N[C@@H](C(=O)O)c1ccccc1. The number of rotatable bonds is 6. The number of hydrogen-bond acceptors (Lipinski definition) is 4. The van der Waals surface area contributed by atoms with Gasteiger partial charge in [0, 0.05) is 7.11 Å². The number of hydrogen-bond donors (Lipinski definition) is 3. The summed E-state index contributed by atoms with van der Waals surface area (Å²) in [5.74, 6) is -1.70. The summed E-state index contributed by atoms with van der Waals surface area (Å²) in [5, 5.41) is 11.5. The molecule has 6 heteroatoms. The van der Waals surface area contributed by atoms with Crippen molar-refractivity contribution in [3.63, 3.8) is 0 Å². The van der Waals surface area contributed by atoms with Crippen LogP contribution < -0.4 is 11.1 Å². The van der Waals surface area contributed by atoms with E-state index in [-0.39, 0.29) is 6.61 Å². The maximum absolute atomic E-state index is 11.6. The minimum absolute atomic E-state index is 0.0347. The normalized spacial score (nSPS) is 13.7. The fourth-order valence-electron chi connectivity index (χ4n) is 1.44. The smallest absolute Gasteiger partial charge is 0.330 e. The van der Waals surface area contributed by atoms with Gasteiger partial charge in [-0.2, -0.15) is 0 Å². The summed E-state index contributed by atoms with van der Waals surface area (Å²) >= 11 is 0. The van der Waals surface area contributed by atoms with Gasteiger partial charge in [-0.15, -0.1) is 0 Å². The quantitative estimate of drug-likeness (QED) is 0.656. The molecule has 0 fully saturated rings. The largest absolute Gasteiger partial charge is 0.479 e. The number of carbonyl (C=O) groups is 2. The molecule has 1 amide bonds. The summed E-state index contributed by atoms with van der Waals surface area (Å²) in [6.45, 7) is 0.0347. The van der Waals surface area contributed by atoms with Crippen molar-refractivity contribution in [2.75, 3.05) is 13.7 Å². The molecular weight excluding hydrogens is 236 g/mol. The standard InChI is InChI=1S/C12H16N2O4/c1-18-7-9(13)11(15)14-10(12(16)17)8-5-3-2-4-6-8/h2-6,9-10H,7,13H2,1H3,(H,14,15)(H,16,17)/t9?,10-/m1/s1. The van der Waals surface area contributed by atoms with Crippen LogP contribution >= 0.6 is 0 Å². The van der Waals surface area contributed by atoms with Gasteiger partial charge in [0.1, 0.15) is 6.04 Å². The number of carboxylic acids is 1. The van der Waals surface area contributed by atoms with Gasteiger partial charge < -0.3 is 20.9 Å². The average molecular weight is 252 g/mol. The van der Waals surface area contributed by atoms with E-state index >= 15 is 0 Å². The molecule has 18 heavy (non-hydrogen) atoms. The van der Waals surface area contributed by atoms with Gasteiger partial charge in [-0.3, -0.25) is 4.79 Å². The van der Waals surface area contributed by atoms with Crippen molar-refractivity contribution in [1.29, 1.82) is 0 Å². The molecule has 4 N–H and O–H groups in total. The zero-order valence-corrected chi connectivity index (χ0v) is 10.00. The Morgan fingerprint density at radius 2 is 2.00 bits per heavy atom. The Hall–Kier alpha value is -1.92. The summed E-state index contributed by atoms with van der Waals surface area (Å²) in [7, 11) is 1.42. The first-order chi connectivity index (χ1) is 8.56. The number of methoxy groups -OCH3 is 1. The molecule has 1 rings (SSSR count). The van der Waals surface area contributed by atoms with E-state index in [0.717, 1.165) is 0 Å². The second-order valence-electron chi connectivity index (χ2n) is 3.75. The molecule has 1 aromatic carbocycles. The Morgan fingerprint density at radius 1 is 1.39 bits per heavy atom. The summed E-state index contributed by atoms with van der Waals surface area (Å²) in [6.07, 6.45) is 0. The van der Waals surface area contributed by atoms with E-state index in [2.05, 4.69) is 5.32 Å². The van der Waals surface area contributed by atoms with Gasteiger partial charge in [-0.25, -0.2) is 4.79 Å². The predicted octanol–water partition coefficient (Wildman–Crippen LogP) is -0.0978. The third-order valence-electron chi connectivity index (χ3n) is 2.35. The maximum Gasteiger partial charge on any atom is 0.330 e. The number of ether oxygens (including phenoxy) is 1. The molecule has 0 radical (unpaired) electrons. The molecule has 0 spiro atoms. The zero-order valence-electron chi connectivity index (χ0n) is 10.00. The minimum Gasteiger partial charge on any atom is -0.479 e. The Kier molecular flexibility index (Phi) is 5.29. The molecule has 1 unspecified atom stereocenters. The van der Waals surface area contributed by atoms with Gasteiger partial charge >= 0.3 is 5.97 Å². The lowest BCUT2D eigenvalue weighted by Gasteiger charge is -2.17. The molecule has 0 aliphatic rings. The highest BCUT2D eigenvalue weighted by Gasteiger charge is 2.24. The van der Waals surface area contributed by atoms with Crippen molar-refractivity contribution in [1.82, 2.24) is 5.32 Å². The highest BCUT2D eigenvalue weighted by molar-refractivity contribution is 5.87. The number of nitrogens with two attached hydrogens (primary N) is 1. The third kappa shape index (κ3) is 3.83. The Balaban J connectivity index is 2.76. The first kappa shape index (κ1) is 14.1. The number of benzene rings is 1. The fraction of sp³-hybridized carbons (Fsp3) is 0.333. The Morgan fingerprint density at radius 3 is 2.50 bits per heavy atom. The van der Waals surface area contributed by atoms with E-state index in [9.17, 15) is 9.59 Å². The topological polar surface area (TPSA) is 102 Å². The van der Waals surface area contributed by atoms with Crippen molar-refractivity contribution in [2.45, 2.75) is 12.1 Å². The van der Waals surface area contributed by atoms with Crippen molar-refractivity contribution in [3.05, 3.63) is 35.9 Å². The molecule has 0 aliphatic heterocycles. The summed E-state index contributed by atoms with van der Waals surface area (Å²) < 4.78 is 4.74.